The van der Waals surface area contributed by atoms with Gasteiger partial charge in [0.05, 0.1) is 22.9 Å². The van der Waals surface area contributed by atoms with Crippen LogP contribution in [-0.2, 0) is 20.9 Å². The molecule has 0 aliphatic carbocycles. The van der Waals surface area contributed by atoms with Crippen LogP contribution in [0.2, 0.25) is 0 Å². The average molecular weight is 373 g/mol. The van der Waals surface area contributed by atoms with Gasteiger partial charge in [0.15, 0.2) is 11.9 Å². The Morgan fingerprint density at radius 1 is 1.19 bits per heavy atom. The molecule has 0 aromatic heterocycles. The Hall–Kier alpha value is -3.31. The summed E-state index contributed by atoms with van der Waals surface area (Å²) in [5, 5.41) is 13.5. The van der Waals surface area contributed by atoms with Gasteiger partial charge in [-0.2, -0.15) is 5.26 Å². The summed E-state index contributed by atoms with van der Waals surface area (Å²) in [4.78, 5) is 23.5. The van der Waals surface area contributed by atoms with Gasteiger partial charge in [0.1, 0.15) is 5.82 Å². The van der Waals surface area contributed by atoms with Crippen LogP contribution in [0, 0.1) is 23.0 Å². The minimum absolute atomic E-state index is 0.0824. The lowest BCUT2D eigenvalue weighted by Gasteiger charge is -2.18. The molecule has 0 fully saturated rings. The minimum atomic E-state index is -1.54. The van der Waals surface area contributed by atoms with E-state index < -0.39 is 35.1 Å². The zero-order chi connectivity index (χ0) is 20.0. The van der Waals surface area contributed by atoms with Crippen LogP contribution in [0.15, 0.2) is 36.4 Å². The molecule has 0 aliphatic rings. The number of hydrogen-bond acceptors (Lipinski definition) is 4. The molecule has 2 N–H and O–H groups in total. The van der Waals surface area contributed by atoms with E-state index in [4.69, 9.17) is 10.00 Å². The van der Waals surface area contributed by atoms with E-state index >= 15 is 0 Å². The van der Waals surface area contributed by atoms with Crippen molar-refractivity contribution in [2.24, 2.45) is 0 Å². The van der Waals surface area contributed by atoms with Gasteiger partial charge in [-0.15, -0.1) is 0 Å². The van der Waals surface area contributed by atoms with E-state index in [0.717, 1.165) is 19.2 Å². The predicted octanol–water partition coefficient (Wildman–Crippen LogP) is 2.80. The molecule has 27 heavy (non-hydrogen) atoms. The van der Waals surface area contributed by atoms with Crippen LogP contribution in [-0.4, -0.2) is 18.9 Å². The lowest BCUT2D eigenvalue weighted by molar-refractivity contribution is -0.131. The second kappa shape index (κ2) is 8.87. The first-order valence-corrected chi connectivity index (χ1v) is 7.92. The fourth-order valence-electron chi connectivity index (χ4n) is 2.43. The molecule has 2 aromatic carbocycles. The summed E-state index contributed by atoms with van der Waals surface area (Å²) in [5.74, 6) is -3.34. The third kappa shape index (κ3) is 4.86. The van der Waals surface area contributed by atoms with Gasteiger partial charge in [-0.1, -0.05) is 12.1 Å². The van der Waals surface area contributed by atoms with E-state index in [1.54, 1.807) is 24.3 Å². The van der Waals surface area contributed by atoms with Crippen LogP contribution < -0.4 is 10.6 Å². The highest BCUT2D eigenvalue weighted by molar-refractivity contribution is 5.89. The van der Waals surface area contributed by atoms with Crippen molar-refractivity contribution in [2.45, 2.75) is 19.6 Å². The molecule has 1 atom stereocenters. The highest BCUT2D eigenvalue weighted by Crippen LogP contribution is 2.28. The van der Waals surface area contributed by atoms with Crippen molar-refractivity contribution in [2.75, 3.05) is 12.4 Å². The van der Waals surface area contributed by atoms with Crippen LogP contribution in [0.5, 0.6) is 0 Å². The number of benzene rings is 2. The molecule has 0 spiro atoms. The standard InChI is InChI=1S/C19H17F2N3O3/c1-11(25)24-15-8-7-14(20)16(17(15)21)18(27-2)19(26)23-10-13-5-3-12(9-22)4-6-13/h3-8,18H,10H2,1-2H3,(H,23,26)(H,24,25). The van der Waals surface area contributed by atoms with Crippen molar-refractivity contribution in [3.63, 3.8) is 0 Å². The number of carbonyl (C=O) groups excluding carboxylic acids is 2. The fraction of sp³-hybridized carbons (Fsp3) is 0.211. The number of nitrogens with zero attached hydrogens (tertiary/aromatic N) is 1. The van der Waals surface area contributed by atoms with Crippen LogP contribution in [0.1, 0.15) is 29.7 Å². The number of hydrogen-bond donors (Lipinski definition) is 2. The van der Waals surface area contributed by atoms with E-state index in [9.17, 15) is 18.4 Å². The fourth-order valence-corrected chi connectivity index (χ4v) is 2.43. The second-order valence-electron chi connectivity index (χ2n) is 5.65. The van der Waals surface area contributed by atoms with Gasteiger partial charge in [-0.25, -0.2) is 8.78 Å². The van der Waals surface area contributed by atoms with Crippen molar-refractivity contribution in [1.29, 1.82) is 5.26 Å². The van der Waals surface area contributed by atoms with E-state index in [1.807, 2.05) is 6.07 Å². The van der Waals surface area contributed by atoms with Crippen LogP contribution in [0.4, 0.5) is 14.5 Å². The van der Waals surface area contributed by atoms with Gasteiger partial charge in [0, 0.05) is 20.6 Å². The van der Waals surface area contributed by atoms with E-state index in [0.29, 0.717) is 11.1 Å². The molecular weight excluding hydrogens is 356 g/mol. The van der Waals surface area contributed by atoms with Crippen molar-refractivity contribution < 1.29 is 23.1 Å². The van der Waals surface area contributed by atoms with Gasteiger partial charge in [-0.3, -0.25) is 9.59 Å². The molecule has 0 saturated heterocycles. The molecule has 0 radical (unpaired) electrons. The topological polar surface area (TPSA) is 91.2 Å². The predicted molar refractivity (Wildman–Crippen MR) is 93.4 cm³/mol. The second-order valence-corrected chi connectivity index (χ2v) is 5.65. The number of rotatable bonds is 6. The zero-order valence-corrected chi connectivity index (χ0v) is 14.7. The zero-order valence-electron chi connectivity index (χ0n) is 14.7. The summed E-state index contributed by atoms with van der Waals surface area (Å²) in [6, 6.07) is 10.5. The van der Waals surface area contributed by atoms with E-state index in [-0.39, 0.29) is 12.2 Å². The molecule has 0 bridgehead atoms. The Kier molecular flexibility index (Phi) is 6.57. The Morgan fingerprint density at radius 2 is 1.85 bits per heavy atom. The molecule has 6 nitrogen and oxygen atoms in total. The van der Waals surface area contributed by atoms with Crippen molar-refractivity contribution in [3.05, 3.63) is 64.7 Å². The first kappa shape index (κ1) is 20.0. The van der Waals surface area contributed by atoms with Crippen LogP contribution >= 0.6 is 0 Å². The maximum absolute atomic E-state index is 14.6. The molecule has 2 aromatic rings. The summed E-state index contributed by atoms with van der Waals surface area (Å²) in [6.45, 7) is 1.26. The van der Waals surface area contributed by atoms with Crippen molar-refractivity contribution in [3.8, 4) is 6.07 Å². The van der Waals surface area contributed by atoms with Crippen molar-refractivity contribution >= 4 is 17.5 Å². The van der Waals surface area contributed by atoms with Gasteiger partial charge in [0.25, 0.3) is 5.91 Å². The third-order valence-corrected chi connectivity index (χ3v) is 3.72. The molecule has 1 unspecified atom stereocenters. The van der Waals surface area contributed by atoms with Gasteiger partial charge >= 0.3 is 0 Å². The first-order valence-electron chi connectivity index (χ1n) is 7.92. The number of carbonyl (C=O) groups is 2. The van der Waals surface area contributed by atoms with Crippen LogP contribution in [0.25, 0.3) is 0 Å². The van der Waals surface area contributed by atoms with Gasteiger partial charge in [-0.05, 0) is 29.8 Å². The highest BCUT2D eigenvalue weighted by atomic mass is 19.1. The van der Waals surface area contributed by atoms with E-state index in [2.05, 4.69) is 10.6 Å². The summed E-state index contributed by atoms with van der Waals surface area (Å²) in [7, 11) is 1.15. The lowest BCUT2D eigenvalue weighted by atomic mass is 10.1. The molecule has 0 aliphatic heterocycles. The van der Waals surface area contributed by atoms with Gasteiger partial charge < -0.3 is 15.4 Å². The maximum Gasteiger partial charge on any atom is 0.254 e. The largest absolute Gasteiger partial charge is 0.367 e. The Bertz CT molecular complexity index is 892. The molecule has 2 amide bonds. The molecule has 140 valence electrons. The Labute approximate surface area is 154 Å². The monoisotopic (exact) mass is 373 g/mol. The first-order chi connectivity index (χ1) is 12.9. The SMILES string of the molecule is COC(C(=O)NCc1ccc(C#N)cc1)c1c(F)ccc(NC(C)=O)c1F. The summed E-state index contributed by atoms with van der Waals surface area (Å²) in [5.41, 5.74) is 0.325. The summed E-state index contributed by atoms with van der Waals surface area (Å²) < 4.78 is 33.8. The molecule has 0 saturated carbocycles. The quantitative estimate of drug-likeness (QED) is 0.815. The number of ether oxygens (including phenoxy) is 1. The lowest BCUT2D eigenvalue weighted by Crippen LogP contribution is -2.31. The molecule has 8 heteroatoms. The number of amides is 2. The number of methoxy groups -OCH3 is 1. The minimum Gasteiger partial charge on any atom is -0.367 e. The number of anilines is 1. The number of halogens is 2. The normalized spacial score (nSPS) is 11.4. The number of nitrogens with one attached hydrogen (secondary N) is 2. The average Bonchev–Trinajstić information content (AvgIpc) is 2.65. The van der Waals surface area contributed by atoms with Gasteiger partial charge in [0.2, 0.25) is 5.91 Å². The molecular formula is C19H17F2N3O3. The van der Waals surface area contributed by atoms with E-state index in [1.165, 1.54) is 6.92 Å². The highest BCUT2D eigenvalue weighted by Gasteiger charge is 2.28. The number of nitriles is 1. The summed E-state index contributed by atoms with van der Waals surface area (Å²) >= 11 is 0. The van der Waals surface area contributed by atoms with Crippen LogP contribution in [0.3, 0.4) is 0 Å². The maximum atomic E-state index is 14.6. The van der Waals surface area contributed by atoms with Crippen molar-refractivity contribution in [1.82, 2.24) is 5.32 Å². The molecule has 2 rings (SSSR count). The smallest absolute Gasteiger partial charge is 0.254 e. The molecule has 0 heterocycles. The third-order valence-electron chi connectivity index (χ3n) is 3.72. The Balaban J connectivity index is 2.20. The summed E-state index contributed by atoms with van der Waals surface area (Å²) in [6.07, 6.45) is -1.54. The Morgan fingerprint density at radius 3 is 2.41 bits per heavy atom.